The SMILES string of the molecule is CC(=O)Nc1cccc(S(=O)(=O)CCOC(C)=O)c1. The first-order chi connectivity index (χ1) is 8.81. The minimum Gasteiger partial charge on any atom is -0.465 e. The Labute approximate surface area is 111 Å². The number of carbonyl (C=O) groups excluding carboxylic acids is 2. The minimum absolute atomic E-state index is 0.0749. The molecule has 1 N–H and O–H groups in total. The normalized spacial score (nSPS) is 10.8. The molecule has 0 saturated carbocycles. The molecule has 7 heteroatoms. The highest BCUT2D eigenvalue weighted by atomic mass is 32.2. The van der Waals surface area contributed by atoms with Gasteiger partial charge in [-0.05, 0) is 18.2 Å². The van der Waals surface area contributed by atoms with Gasteiger partial charge in [-0.25, -0.2) is 8.42 Å². The fraction of sp³-hybridized carbons (Fsp3) is 0.333. The van der Waals surface area contributed by atoms with Gasteiger partial charge in [-0.15, -0.1) is 0 Å². The number of hydrogen-bond donors (Lipinski definition) is 1. The van der Waals surface area contributed by atoms with Gasteiger partial charge >= 0.3 is 5.97 Å². The number of esters is 1. The van der Waals surface area contributed by atoms with Crippen molar-refractivity contribution in [1.82, 2.24) is 0 Å². The summed E-state index contributed by atoms with van der Waals surface area (Å²) in [7, 11) is -3.54. The van der Waals surface area contributed by atoms with Crippen molar-refractivity contribution in [2.24, 2.45) is 0 Å². The lowest BCUT2D eigenvalue weighted by molar-refractivity contribution is -0.140. The van der Waals surface area contributed by atoms with Gasteiger partial charge in [0.05, 0.1) is 10.6 Å². The van der Waals surface area contributed by atoms with Crippen LogP contribution in [0, 0.1) is 0 Å². The van der Waals surface area contributed by atoms with Crippen LogP contribution in [0.4, 0.5) is 5.69 Å². The summed E-state index contributed by atoms with van der Waals surface area (Å²) in [6.07, 6.45) is 0. The zero-order valence-corrected chi connectivity index (χ0v) is 11.5. The fourth-order valence-corrected chi connectivity index (χ4v) is 2.51. The van der Waals surface area contributed by atoms with Crippen molar-refractivity contribution < 1.29 is 22.7 Å². The third-order valence-electron chi connectivity index (χ3n) is 2.17. The average molecular weight is 285 g/mol. The number of ether oxygens (including phenoxy) is 1. The molecule has 1 aromatic carbocycles. The predicted octanol–water partition coefficient (Wildman–Crippen LogP) is 0.982. The standard InChI is InChI=1S/C12H15NO5S/c1-9(14)13-11-4-3-5-12(8-11)19(16,17)7-6-18-10(2)15/h3-5,8H,6-7H2,1-2H3,(H,13,14). The molecule has 1 amide bonds. The Hall–Kier alpha value is -1.89. The van der Waals surface area contributed by atoms with Crippen molar-refractivity contribution in [2.45, 2.75) is 18.7 Å². The van der Waals surface area contributed by atoms with Crippen LogP contribution in [0.2, 0.25) is 0 Å². The molecular weight excluding hydrogens is 270 g/mol. The van der Waals surface area contributed by atoms with Crippen LogP contribution >= 0.6 is 0 Å². The Kier molecular flexibility index (Phi) is 5.05. The molecule has 104 valence electrons. The molecule has 0 saturated heterocycles. The van der Waals surface area contributed by atoms with E-state index in [9.17, 15) is 18.0 Å². The highest BCUT2D eigenvalue weighted by Crippen LogP contribution is 2.16. The second-order valence-electron chi connectivity index (χ2n) is 3.87. The molecule has 0 heterocycles. The monoisotopic (exact) mass is 285 g/mol. The summed E-state index contributed by atoms with van der Waals surface area (Å²) in [5.74, 6) is -1.10. The number of sulfone groups is 1. The average Bonchev–Trinajstić information content (AvgIpc) is 2.27. The van der Waals surface area contributed by atoms with Crippen molar-refractivity contribution in [3.63, 3.8) is 0 Å². The Morgan fingerprint density at radius 2 is 1.95 bits per heavy atom. The molecule has 0 aliphatic carbocycles. The van der Waals surface area contributed by atoms with E-state index in [2.05, 4.69) is 10.1 Å². The molecule has 0 fully saturated rings. The summed E-state index contributed by atoms with van der Waals surface area (Å²) in [4.78, 5) is 21.6. The van der Waals surface area contributed by atoms with Gasteiger partial charge in [-0.2, -0.15) is 0 Å². The van der Waals surface area contributed by atoms with E-state index in [1.165, 1.54) is 32.0 Å². The quantitative estimate of drug-likeness (QED) is 0.815. The second-order valence-corrected chi connectivity index (χ2v) is 5.98. The molecule has 0 aliphatic heterocycles. The fourth-order valence-electron chi connectivity index (χ4n) is 1.38. The van der Waals surface area contributed by atoms with E-state index in [4.69, 9.17) is 0 Å². The largest absolute Gasteiger partial charge is 0.465 e. The highest BCUT2D eigenvalue weighted by Gasteiger charge is 2.15. The summed E-state index contributed by atoms with van der Waals surface area (Å²) < 4.78 is 28.5. The zero-order valence-electron chi connectivity index (χ0n) is 10.7. The van der Waals surface area contributed by atoms with E-state index in [1.807, 2.05) is 0 Å². The van der Waals surface area contributed by atoms with Gasteiger partial charge < -0.3 is 10.1 Å². The van der Waals surface area contributed by atoms with Crippen LogP contribution in [0.3, 0.4) is 0 Å². The molecule has 0 aliphatic rings. The molecule has 1 aromatic rings. The summed E-state index contributed by atoms with van der Waals surface area (Å²) in [5, 5.41) is 2.50. The summed E-state index contributed by atoms with van der Waals surface area (Å²) >= 11 is 0. The molecule has 1 rings (SSSR count). The van der Waals surface area contributed by atoms with E-state index in [0.29, 0.717) is 5.69 Å². The number of rotatable bonds is 5. The molecule has 6 nitrogen and oxygen atoms in total. The van der Waals surface area contributed by atoms with Gasteiger partial charge in [0.2, 0.25) is 5.91 Å². The van der Waals surface area contributed by atoms with Gasteiger partial charge in [0.25, 0.3) is 0 Å². The highest BCUT2D eigenvalue weighted by molar-refractivity contribution is 7.91. The second kappa shape index (κ2) is 6.33. The van der Waals surface area contributed by atoms with Crippen LogP contribution in [0.1, 0.15) is 13.8 Å². The number of amides is 1. The van der Waals surface area contributed by atoms with Crippen LogP contribution < -0.4 is 5.32 Å². The first-order valence-corrected chi connectivity index (χ1v) is 7.20. The van der Waals surface area contributed by atoms with Crippen LogP contribution in [0.15, 0.2) is 29.2 Å². The minimum atomic E-state index is -3.54. The number of nitrogens with one attached hydrogen (secondary N) is 1. The molecular formula is C12H15NO5S. The van der Waals surface area contributed by atoms with Gasteiger partial charge in [0.15, 0.2) is 9.84 Å². The van der Waals surface area contributed by atoms with Crippen LogP contribution in [0.5, 0.6) is 0 Å². The third-order valence-corrected chi connectivity index (χ3v) is 3.85. The maximum atomic E-state index is 11.9. The van der Waals surface area contributed by atoms with Crippen LogP contribution in [-0.4, -0.2) is 32.7 Å². The first kappa shape index (κ1) is 15.2. The lowest BCUT2D eigenvalue weighted by atomic mass is 10.3. The Balaban J connectivity index is 2.83. The maximum Gasteiger partial charge on any atom is 0.302 e. The Bertz CT molecular complexity index is 580. The molecule has 0 aromatic heterocycles. The van der Waals surface area contributed by atoms with E-state index < -0.39 is 15.8 Å². The zero-order chi connectivity index (χ0) is 14.5. The van der Waals surface area contributed by atoms with Crippen molar-refractivity contribution in [1.29, 1.82) is 0 Å². The van der Waals surface area contributed by atoms with Crippen molar-refractivity contribution in [2.75, 3.05) is 17.7 Å². The van der Waals surface area contributed by atoms with E-state index >= 15 is 0 Å². The maximum absolute atomic E-state index is 11.9. The van der Waals surface area contributed by atoms with Gasteiger partial charge in [0, 0.05) is 19.5 Å². The van der Waals surface area contributed by atoms with Crippen molar-refractivity contribution >= 4 is 27.4 Å². The Morgan fingerprint density at radius 3 is 2.53 bits per heavy atom. The number of hydrogen-bond acceptors (Lipinski definition) is 5. The van der Waals surface area contributed by atoms with E-state index in [0.717, 1.165) is 0 Å². The Morgan fingerprint density at radius 1 is 1.26 bits per heavy atom. The molecule has 0 atom stereocenters. The molecule has 0 unspecified atom stereocenters. The van der Waals surface area contributed by atoms with E-state index in [1.54, 1.807) is 6.07 Å². The summed E-state index contributed by atoms with van der Waals surface area (Å²) in [5.41, 5.74) is 0.404. The molecule has 0 bridgehead atoms. The summed E-state index contributed by atoms with van der Waals surface area (Å²) in [6.45, 7) is 2.36. The molecule has 19 heavy (non-hydrogen) atoms. The van der Waals surface area contributed by atoms with Crippen molar-refractivity contribution in [3.8, 4) is 0 Å². The van der Waals surface area contributed by atoms with Gasteiger partial charge in [-0.1, -0.05) is 6.07 Å². The first-order valence-electron chi connectivity index (χ1n) is 5.55. The number of anilines is 1. The molecule has 0 spiro atoms. The van der Waals surface area contributed by atoms with Crippen LogP contribution in [-0.2, 0) is 24.2 Å². The number of carbonyl (C=O) groups is 2. The smallest absolute Gasteiger partial charge is 0.302 e. The van der Waals surface area contributed by atoms with Crippen molar-refractivity contribution in [3.05, 3.63) is 24.3 Å². The van der Waals surface area contributed by atoms with Gasteiger partial charge in [0.1, 0.15) is 6.61 Å². The third kappa shape index (κ3) is 5.09. The van der Waals surface area contributed by atoms with Crippen LogP contribution in [0.25, 0.3) is 0 Å². The van der Waals surface area contributed by atoms with Gasteiger partial charge in [-0.3, -0.25) is 9.59 Å². The molecule has 0 radical (unpaired) electrons. The summed E-state index contributed by atoms with van der Waals surface area (Å²) in [6, 6.07) is 5.91. The van der Waals surface area contributed by atoms with E-state index in [-0.39, 0.29) is 23.2 Å². The number of benzene rings is 1. The lowest BCUT2D eigenvalue weighted by Crippen LogP contribution is -2.15. The predicted molar refractivity (Wildman–Crippen MR) is 69.4 cm³/mol. The lowest BCUT2D eigenvalue weighted by Gasteiger charge is -2.07. The topological polar surface area (TPSA) is 89.5 Å².